The summed E-state index contributed by atoms with van der Waals surface area (Å²) in [5.74, 6) is 0.0818. The molecule has 2 aliphatic rings. The Balaban J connectivity index is 1.59. The Hall–Kier alpha value is -3.13. The average molecular weight is 453 g/mol. The van der Waals surface area contributed by atoms with Gasteiger partial charge in [-0.3, -0.25) is 4.79 Å². The molecule has 33 heavy (non-hydrogen) atoms. The van der Waals surface area contributed by atoms with E-state index < -0.39 is 6.09 Å². The fourth-order valence-corrected chi connectivity index (χ4v) is 4.19. The molecule has 0 radical (unpaired) electrons. The van der Waals surface area contributed by atoms with Crippen molar-refractivity contribution in [2.75, 3.05) is 20.3 Å². The van der Waals surface area contributed by atoms with E-state index >= 15 is 0 Å². The molecule has 0 unspecified atom stereocenters. The van der Waals surface area contributed by atoms with Gasteiger partial charge in [-0.2, -0.15) is 5.10 Å². The van der Waals surface area contributed by atoms with Crippen LogP contribution in [0.4, 0.5) is 4.79 Å². The van der Waals surface area contributed by atoms with E-state index in [0.717, 1.165) is 49.2 Å². The standard InChI is InChI=1S/C25H32N4O4/c1-18(28(19-13-14-19)24(30)23-12-6-7-16-33-23)22-17-21(11-8-15-26-25(31)32-2)29(27-22)20-9-4-3-5-10-20/h3-5,8-11,17-19,23H,6-7,12-16H2,1-2H3,(H,26,31)/b11-8+/t18-,23-/m1/s1. The van der Waals surface area contributed by atoms with Gasteiger partial charge in [0, 0.05) is 19.2 Å². The maximum atomic E-state index is 13.4. The number of para-hydroxylation sites is 1. The topological polar surface area (TPSA) is 85.7 Å². The lowest BCUT2D eigenvalue weighted by molar-refractivity contribution is -0.149. The molecule has 0 bridgehead atoms. The highest BCUT2D eigenvalue weighted by Gasteiger charge is 2.40. The molecule has 2 atom stereocenters. The SMILES string of the molecule is COC(=O)NC/C=C/c1cc([C@@H](C)N(C(=O)[C@H]2CCCCO2)C2CC2)nn1-c1ccccc1. The fourth-order valence-electron chi connectivity index (χ4n) is 4.19. The van der Waals surface area contributed by atoms with E-state index in [4.69, 9.17) is 9.84 Å². The molecule has 2 amide bonds. The van der Waals surface area contributed by atoms with Crippen molar-refractivity contribution in [1.29, 1.82) is 0 Å². The quantitative estimate of drug-likeness (QED) is 0.657. The van der Waals surface area contributed by atoms with Gasteiger partial charge in [0.25, 0.3) is 5.91 Å². The predicted octanol–water partition coefficient (Wildman–Crippen LogP) is 3.86. The van der Waals surface area contributed by atoms with Gasteiger partial charge in [0.1, 0.15) is 6.10 Å². The molecule has 2 aromatic rings. The molecule has 176 valence electrons. The van der Waals surface area contributed by atoms with E-state index in [2.05, 4.69) is 10.1 Å². The number of alkyl carbamates (subject to hydrolysis) is 1. The van der Waals surface area contributed by atoms with Crippen molar-refractivity contribution in [3.63, 3.8) is 0 Å². The van der Waals surface area contributed by atoms with Gasteiger partial charge in [-0.25, -0.2) is 9.48 Å². The highest BCUT2D eigenvalue weighted by atomic mass is 16.5. The molecule has 2 fully saturated rings. The first-order valence-electron chi connectivity index (χ1n) is 11.7. The van der Waals surface area contributed by atoms with Gasteiger partial charge in [-0.05, 0) is 63.3 Å². The van der Waals surface area contributed by atoms with Crippen LogP contribution in [0, 0.1) is 0 Å². The summed E-state index contributed by atoms with van der Waals surface area (Å²) in [6.07, 6.45) is 7.82. The van der Waals surface area contributed by atoms with Crippen LogP contribution in [0.25, 0.3) is 11.8 Å². The zero-order valence-electron chi connectivity index (χ0n) is 19.3. The van der Waals surface area contributed by atoms with Crippen molar-refractivity contribution in [3.05, 3.63) is 53.9 Å². The van der Waals surface area contributed by atoms with Crippen molar-refractivity contribution >= 4 is 18.1 Å². The molecule has 1 aromatic heterocycles. The third-order valence-electron chi connectivity index (χ3n) is 6.09. The lowest BCUT2D eigenvalue weighted by Crippen LogP contribution is -2.44. The monoisotopic (exact) mass is 452 g/mol. The molecule has 1 aromatic carbocycles. The minimum Gasteiger partial charge on any atom is -0.453 e. The van der Waals surface area contributed by atoms with Crippen LogP contribution in [-0.4, -0.2) is 59.1 Å². The maximum absolute atomic E-state index is 13.4. The zero-order valence-corrected chi connectivity index (χ0v) is 19.3. The van der Waals surface area contributed by atoms with Crippen LogP contribution in [0.1, 0.15) is 56.5 Å². The number of aromatic nitrogens is 2. The third kappa shape index (κ3) is 5.63. The first kappa shape index (κ1) is 23.0. The van der Waals surface area contributed by atoms with Crippen molar-refractivity contribution in [3.8, 4) is 5.69 Å². The van der Waals surface area contributed by atoms with E-state index in [0.29, 0.717) is 13.2 Å². The number of carbonyl (C=O) groups is 2. The van der Waals surface area contributed by atoms with Crippen LogP contribution < -0.4 is 5.32 Å². The lowest BCUT2D eigenvalue weighted by Gasteiger charge is -2.33. The number of nitrogens with zero attached hydrogens (tertiary/aromatic N) is 3. The summed E-state index contributed by atoms with van der Waals surface area (Å²) in [6.45, 7) is 3.03. The number of hydrogen-bond acceptors (Lipinski definition) is 5. The first-order valence-corrected chi connectivity index (χ1v) is 11.7. The van der Waals surface area contributed by atoms with Crippen LogP contribution in [0.2, 0.25) is 0 Å². The molecular weight excluding hydrogens is 420 g/mol. The molecule has 8 nitrogen and oxygen atoms in total. The molecule has 1 saturated carbocycles. The summed E-state index contributed by atoms with van der Waals surface area (Å²) in [7, 11) is 1.34. The highest BCUT2D eigenvalue weighted by Crippen LogP contribution is 2.36. The normalized spacial score (nSPS) is 19.3. The predicted molar refractivity (Wildman–Crippen MR) is 125 cm³/mol. The largest absolute Gasteiger partial charge is 0.453 e. The van der Waals surface area contributed by atoms with Crippen molar-refractivity contribution in [2.24, 2.45) is 0 Å². The Morgan fingerprint density at radius 2 is 2.06 bits per heavy atom. The molecule has 4 rings (SSSR count). The molecule has 1 aliphatic heterocycles. The minimum atomic E-state index is -0.478. The maximum Gasteiger partial charge on any atom is 0.407 e. The molecule has 2 heterocycles. The fraction of sp³-hybridized carbons (Fsp3) is 0.480. The third-order valence-corrected chi connectivity index (χ3v) is 6.09. The van der Waals surface area contributed by atoms with Crippen LogP contribution in [-0.2, 0) is 14.3 Å². The lowest BCUT2D eigenvalue weighted by atomic mass is 10.1. The number of nitrogens with one attached hydrogen (secondary N) is 1. The van der Waals surface area contributed by atoms with E-state index in [1.54, 1.807) is 0 Å². The van der Waals surface area contributed by atoms with Crippen molar-refractivity contribution in [1.82, 2.24) is 20.0 Å². The van der Waals surface area contributed by atoms with Crippen LogP contribution in [0.5, 0.6) is 0 Å². The van der Waals surface area contributed by atoms with Crippen molar-refractivity contribution < 1.29 is 19.1 Å². The van der Waals surface area contributed by atoms with Gasteiger partial charge in [0.05, 0.1) is 30.2 Å². The summed E-state index contributed by atoms with van der Waals surface area (Å²) in [6, 6.07) is 12.0. The summed E-state index contributed by atoms with van der Waals surface area (Å²) in [5.41, 5.74) is 2.62. The van der Waals surface area contributed by atoms with E-state index in [9.17, 15) is 9.59 Å². The smallest absolute Gasteiger partial charge is 0.407 e. The van der Waals surface area contributed by atoms with Crippen molar-refractivity contribution in [2.45, 2.75) is 57.2 Å². The highest BCUT2D eigenvalue weighted by molar-refractivity contribution is 5.82. The molecular formula is C25H32N4O4. The van der Waals surface area contributed by atoms with Gasteiger partial charge in [-0.1, -0.05) is 24.3 Å². The summed E-state index contributed by atoms with van der Waals surface area (Å²) in [5, 5.41) is 7.53. The Labute approximate surface area is 194 Å². The van der Waals surface area contributed by atoms with E-state index in [1.165, 1.54) is 7.11 Å². The molecule has 8 heteroatoms. The second-order valence-electron chi connectivity index (χ2n) is 8.52. The number of hydrogen-bond donors (Lipinski definition) is 1. The molecule has 1 saturated heterocycles. The van der Waals surface area contributed by atoms with Gasteiger partial charge < -0.3 is 19.7 Å². The molecule has 0 spiro atoms. The van der Waals surface area contributed by atoms with Gasteiger partial charge in [0.15, 0.2) is 0 Å². The number of amides is 2. The minimum absolute atomic E-state index is 0.0818. The number of methoxy groups -OCH3 is 1. The summed E-state index contributed by atoms with van der Waals surface area (Å²) in [4.78, 5) is 26.7. The second-order valence-corrected chi connectivity index (χ2v) is 8.52. The zero-order chi connectivity index (χ0) is 23.2. The average Bonchev–Trinajstić information content (AvgIpc) is 3.60. The Morgan fingerprint density at radius 1 is 1.27 bits per heavy atom. The second kappa shape index (κ2) is 10.7. The summed E-state index contributed by atoms with van der Waals surface area (Å²) >= 11 is 0. The van der Waals surface area contributed by atoms with Gasteiger partial charge in [0.2, 0.25) is 0 Å². The molecule has 1 N–H and O–H groups in total. The Morgan fingerprint density at radius 3 is 2.73 bits per heavy atom. The van der Waals surface area contributed by atoms with Gasteiger partial charge in [-0.15, -0.1) is 0 Å². The number of rotatable bonds is 8. The Kier molecular flexibility index (Phi) is 7.44. The summed E-state index contributed by atoms with van der Waals surface area (Å²) < 4.78 is 12.3. The van der Waals surface area contributed by atoms with E-state index in [1.807, 2.05) is 65.1 Å². The Bertz CT molecular complexity index is 978. The van der Waals surface area contributed by atoms with Crippen LogP contribution >= 0.6 is 0 Å². The first-order chi connectivity index (χ1) is 16.1. The van der Waals surface area contributed by atoms with Gasteiger partial charge >= 0.3 is 6.09 Å². The van der Waals surface area contributed by atoms with E-state index in [-0.39, 0.29) is 24.1 Å². The van der Waals surface area contributed by atoms with Crippen LogP contribution in [0.3, 0.4) is 0 Å². The van der Waals surface area contributed by atoms with Crippen LogP contribution in [0.15, 0.2) is 42.5 Å². The molecule has 1 aliphatic carbocycles. The number of carbonyl (C=O) groups excluding carboxylic acids is 2. The number of benzene rings is 1. The number of ether oxygens (including phenoxy) is 2.